The summed E-state index contributed by atoms with van der Waals surface area (Å²) >= 11 is 3.35. The molecule has 1 N–H and O–H groups in total. The van der Waals surface area contributed by atoms with Crippen LogP contribution in [0.4, 0.5) is 0 Å². The average molecular weight is 276 g/mol. The molecule has 0 aliphatic rings. The standard InChI is InChI=1S/C10H14BrNOS/c1-2-12-7-8-14(13)10-5-3-9(11)4-6-10/h3-6,12H,2,7-8H2,1H3. The van der Waals surface area contributed by atoms with Crippen molar-refractivity contribution in [2.45, 2.75) is 11.8 Å². The van der Waals surface area contributed by atoms with Crippen molar-refractivity contribution in [1.29, 1.82) is 0 Å². The monoisotopic (exact) mass is 275 g/mol. The van der Waals surface area contributed by atoms with Crippen molar-refractivity contribution in [2.75, 3.05) is 18.8 Å². The summed E-state index contributed by atoms with van der Waals surface area (Å²) in [5, 5.41) is 3.16. The highest BCUT2D eigenvalue weighted by molar-refractivity contribution is 9.10. The van der Waals surface area contributed by atoms with E-state index in [0.29, 0.717) is 5.75 Å². The molecule has 0 amide bonds. The van der Waals surface area contributed by atoms with E-state index in [1.807, 2.05) is 31.2 Å². The molecule has 14 heavy (non-hydrogen) atoms. The molecule has 1 aromatic carbocycles. The fourth-order valence-corrected chi connectivity index (χ4v) is 2.32. The zero-order valence-corrected chi connectivity index (χ0v) is 10.5. The van der Waals surface area contributed by atoms with Crippen LogP contribution in [-0.2, 0) is 10.8 Å². The van der Waals surface area contributed by atoms with Crippen LogP contribution in [0.1, 0.15) is 6.92 Å². The Morgan fingerprint density at radius 1 is 1.36 bits per heavy atom. The van der Waals surface area contributed by atoms with Gasteiger partial charge in [0.1, 0.15) is 0 Å². The molecule has 0 heterocycles. The summed E-state index contributed by atoms with van der Waals surface area (Å²) in [4.78, 5) is 0.895. The molecule has 0 bridgehead atoms. The number of hydrogen-bond acceptors (Lipinski definition) is 2. The smallest absolute Gasteiger partial charge is 0.0542 e. The quantitative estimate of drug-likeness (QED) is 0.835. The zero-order chi connectivity index (χ0) is 10.4. The molecule has 1 aromatic rings. The largest absolute Gasteiger partial charge is 0.316 e. The van der Waals surface area contributed by atoms with Crippen molar-refractivity contribution in [2.24, 2.45) is 0 Å². The second kappa shape index (κ2) is 6.32. The lowest BCUT2D eigenvalue weighted by Gasteiger charge is -2.02. The number of hydrogen-bond donors (Lipinski definition) is 1. The van der Waals surface area contributed by atoms with Crippen molar-refractivity contribution >= 4 is 26.7 Å². The van der Waals surface area contributed by atoms with Gasteiger partial charge in [-0.25, -0.2) is 0 Å². The summed E-state index contributed by atoms with van der Waals surface area (Å²) in [7, 11) is -0.876. The molecule has 0 aromatic heterocycles. The minimum atomic E-state index is -0.876. The fourth-order valence-electron chi connectivity index (χ4n) is 1.05. The highest BCUT2D eigenvalue weighted by Gasteiger charge is 2.02. The maximum absolute atomic E-state index is 11.7. The topological polar surface area (TPSA) is 29.1 Å². The van der Waals surface area contributed by atoms with E-state index in [9.17, 15) is 4.21 Å². The van der Waals surface area contributed by atoms with Gasteiger partial charge in [-0.15, -0.1) is 0 Å². The van der Waals surface area contributed by atoms with E-state index in [0.717, 1.165) is 22.5 Å². The van der Waals surface area contributed by atoms with E-state index in [4.69, 9.17) is 0 Å². The first-order valence-corrected chi connectivity index (χ1v) is 6.70. The van der Waals surface area contributed by atoms with Crippen molar-refractivity contribution in [3.05, 3.63) is 28.7 Å². The van der Waals surface area contributed by atoms with E-state index in [-0.39, 0.29) is 0 Å². The number of halogens is 1. The third kappa shape index (κ3) is 3.90. The Morgan fingerprint density at radius 3 is 2.57 bits per heavy atom. The van der Waals surface area contributed by atoms with E-state index >= 15 is 0 Å². The molecular weight excluding hydrogens is 262 g/mol. The summed E-state index contributed by atoms with van der Waals surface area (Å²) in [5.74, 6) is 0.676. The predicted octanol–water partition coefficient (Wildman–Crippen LogP) is 2.17. The summed E-state index contributed by atoms with van der Waals surface area (Å²) in [6, 6.07) is 7.62. The van der Waals surface area contributed by atoms with Crippen molar-refractivity contribution in [1.82, 2.24) is 5.32 Å². The molecule has 78 valence electrons. The Kier molecular flexibility index (Phi) is 5.37. The van der Waals surface area contributed by atoms with Gasteiger partial charge in [-0.05, 0) is 30.8 Å². The number of benzene rings is 1. The molecule has 0 spiro atoms. The molecule has 1 unspecified atom stereocenters. The summed E-state index contributed by atoms with van der Waals surface area (Å²) in [6.07, 6.45) is 0. The van der Waals surface area contributed by atoms with Crippen LogP contribution in [-0.4, -0.2) is 23.1 Å². The lowest BCUT2D eigenvalue weighted by atomic mass is 10.4. The van der Waals surface area contributed by atoms with Crippen LogP contribution in [0.2, 0.25) is 0 Å². The molecule has 1 rings (SSSR count). The van der Waals surface area contributed by atoms with Gasteiger partial charge in [0, 0.05) is 21.7 Å². The predicted molar refractivity (Wildman–Crippen MR) is 64.0 cm³/mol. The fraction of sp³-hybridized carbons (Fsp3) is 0.400. The van der Waals surface area contributed by atoms with Gasteiger partial charge in [0.25, 0.3) is 0 Å². The molecule has 1 atom stereocenters. The van der Waals surface area contributed by atoms with E-state index in [1.54, 1.807) is 0 Å². The van der Waals surface area contributed by atoms with Crippen LogP contribution < -0.4 is 5.32 Å². The minimum Gasteiger partial charge on any atom is -0.316 e. The van der Waals surface area contributed by atoms with E-state index < -0.39 is 10.8 Å². The average Bonchev–Trinajstić information content (AvgIpc) is 2.19. The van der Waals surface area contributed by atoms with Crippen LogP contribution in [0.25, 0.3) is 0 Å². The van der Waals surface area contributed by atoms with Gasteiger partial charge >= 0.3 is 0 Å². The van der Waals surface area contributed by atoms with Crippen LogP contribution in [0.3, 0.4) is 0 Å². The lowest BCUT2D eigenvalue weighted by Crippen LogP contribution is -2.19. The summed E-state index contributed by atoms with van der Waals surface area (Å²) in [5.41, 5.74) is 0. The van der Waals surface area contributed by atoms with Gasteiger partial charge in [-0.2, -0.15) is 0 Å². The first kappa shape index (κ1) is 11.9. The molecule has 2 nitrogen and oxygen atoms in total. The third-order valence-electron chi connectivity index (χ3n) is 1.79. The lowest BCUT2D eigenvalue weighted by molar-refractivity contribution is 0.677. The molecule has 0 radical (unpaired) electrons. The van der Waals surface area contributed by atoms with Crippen molar-refractivity contribution in [3.63, 3.8) is 0 Å². The van der Waals surface area contributed by atoms with Gasteiger partial charge in [0.2, 0.25) is 0 Å². The molecule has 0 saturated heterocycles. The van der Waals surface area contributed by atoms with E-state index in [1.165, 1.54) is 0 Å². The molecule has 4 heteroatoms. The van der Waals surface area contributed by atoms with Crippen LogP contribution >= 0.6 is 15.9 Å². The Balaban J connectivity index is 2.48. The molecule has 0 saturated carbocycles. The summed E-state index contributed by atoms with van der Waals surface area (Å²) in [6.45, 7) is 3.78. The van der Waals surface area contributed by atoms with Gasteiger partial charge < -0.3 is 5.32 Å². The number of nitrogens with one attached hydrogen (secondary N) is 1. The molecule has 0 aliphatic heterocycles. The maximum Gasteiger partial charge on any atom is 0.0542 e. The highest BCUT2D eigenvalue weighted by atomic mass is 79.9. The third-order valence-corrected chi connectivity index (χ3v) is 3.69. The van der Waals surface area contributed by atoms with Gasteiger partial charge in [-0.3, -0.25) is 4.21 Å². The second-order valence-corrected chi connectivity index (χ2v) is 5.34. The molecule has 0 aliphatic carbocycles. The Bertz CT molecular complexity index is 299. The summed E-state index contributed by atoms with van der Waals surface area (Å²) < 4.78 is 12.7. The Morgan fingerprint density at radius 2 is 2.00 bits per heavy atom. The first-order chi connectivity index (χ1) is 6.74. The van der Waals surface area contributed by atoms with Crippen molar-refractivity contribution < 1.29 is 4.21 Å². The van der Waals surface area contributed by atoms with Gasteiger partial charge in [0.05, 0.1) is 10.8 Å². The van der Waals surface area contributed by atoms with Crippen molar-refractivity contribution in [3.8, 4) is 0 Å². The Hall–Kier alpha value is -0.190. The van der Waals surface area contributed by atoms with Gasteiger partial charge in [-0.1, -0.05) is 22.9 Å². The second-order valence-electron chi connectivity index (χ2n) is 2.86. The van der Waals surface area contributed by atoms with Crippen LogP contribution in [0.15, 0.2) is 33.6 Å². The Labute approximate surface area is 95.7 Å². The highest BCUT2D eigenvalue weighted by Crippen LogP contribution is 2.13. The molecular formula is C10H14BrNOS. The SMILES string of the molecule is CCNCCS(=O)c1ccc(Br)cc1. The number of rotatable bonds is 5. The molecule has 0 fully saturated rings. The van der Waals surface area contributed by atoms with Crippen LogP contribution in [0.5, 0.6) is 0 Å². The normalized spacial score (nSPS) is 12.7. The van der Waals surface area contributed by atoms with E-state index in [2.05, 4.69) is 21.2 Å². The first-order valence-electron chi connectivity index (χ1n) is 4.58. The van der Waals surface area contributed by atoms with Gasteiger partial charge in [0.15, 0.2) is 0 Å². The minimum absolute atomic E-state index is 0.676. The maximum atomic E-state index is 11.7. The zero-order valence-electron chi connectivity index (χ0n) is 8.13. The van der Waals surface area contributed by atoms with Crippen LogP contribution in [0, 0.1) is 0 Å².